The number of piperazine rings is 1. The zero-order valence-corrected chi connectivity index (χ0v) is 13.0. The average molecular weight is 277 g/mol. The van der Waals surface area contributed by atoms with E-state index in [1.807, 2.05) is 4.68 Å². The smallest absolute Gasteiger partial charge is 0.141 e. The molecular weight excluding hydrogens is 250 g/mol. The predicted molar refractivity (Wildman–Crippen MR) is 79.3 cm³/mol. The quantitative estimate of drug-likeness (QED) is 0.889. The van der Waals surface area contributed by atoms with Crippen LogP contribution in [0.4, 0.5) is 0 Å². The van der Waals surface area contributed by atoms with Gasteiger partial charge in [0.25, 0.3) is 0 Å². The SMILES string of the molecule is CCn1ncnc1CN1CC(C)(CC)NCC1C1CC1. The normalized spacial score (nSPS) is 31.6. The van der Waals surface area contributed by atoms with E-state index in [0.29, 0.717) is 6.04 Å². The number of hydrogen-bond donors (Lipinski definition) is 1. The van der Waals surface area contributed by atoms with Gasteiger partial charge in [-0.2, -0.15) is 5.10 Å². The maximum atomic E-state index is 4.46. The van der Waals surface area contributed by atoms with E-state index in [0.717, 1.165) is 37.9 Å². The number of aromatic nitrogens is 3. The van der Waals surface area contributed by atoms with E-state index in [1.165, 1.54) is 19.3 Å². The molecule has 2 heterocycles. The molecule has 1 N–H and O–H groups in total. The van der Waals surface area contributed by atoms with Crippen molar-refractivity contribution >= 4 is 0 Å². The zero-order valence-electron chi connectivity index (χ0n) is 13.0. The monoisotopic (exact) mass is 277 g/mol. The Kier molecular flexibility index (Phi) is 3.82. The molecule has 1 aromatic heterocycles. The van der Waals surface area contributed by atoms with E-state index in [4.69, 9.17) is 0 Å². The van der Waals surface area contributed by atoms with Crippen molar-refractivity contribution in [1.82, 2.24) is 25.0 Å². The third-order valence-electron chi connectivity index (χ3n) is 5.05. The Balaban J connectivity index is 1.75. The van der Waals surface area contributed by atoms with Crippen LogP contribution in [0.25, 0.3) is 0 Å². The first kappa shape index (κ1) is 14.0. The van der Waals surface area contributed by atoms with Crippen molar-refractivity contribution in [2.24, 2.45) is 5.92 Å². The van der Waals surface area contributed by atoms with Crippen LogP contribution in [0.5, 0.6) is 0 Å². The summed E-state index contributed by atoms with van der Waals surface area (Å²) < 4.78 is 2.02. The highest BCUT2D eigenvalue weighted by Crippen LogP contribution is 2.38. The zero-order chi connectivity index (χ0) is 14.2. The first-order valence-electron chi connectivity index (χ1n) is 8.01. The lowest BCUT2D eigenvalue weighted by Gasteiger charge is -2.46. The summed E-state index contributed by atoms with van der Waals surface area (Å²) in [7, 11) is 0. The Labute approximate surface area is 121 Å². The van der Waals surface area contributed by atoms with E-state index in [9.17, 15) is 0 Å². The molecule has 0 radical (unpaired) electrons. The molecule has 2 fully saturated rings. The standard InChI is InChI=1S/C15H27N5/c1-4-15(3)10-19(13(8-17-15)12-6-7-12)9-14-16-11-18-20(14)5-2/h11-13,17H,4-10H2,1-3H3. The van der Waals surface area contributed by atoms with Gasteiger partial charge in [-0.15, -0.1) is 0 Å². The summed E-state index contributed by atoms with van der Waals surface area (Å²) in [5.41, 5.74) is 0.239. The van der Waals surface area contributed by atoms with Crippen LogP contribution in [0.15, 0.2) is 6.33 Å². The molecule has 112 valence electrons. The lowest BCUT2D eigenvalue weighted by Crippen LogP contribution is -2.63. The molecule has 0 bridgehead atoms. The Hall–Kier alpha value is -0.940. The summed E-state index contributed by atoms with van der Waals surface area (Å²) in [5, 5.41) is 8.08. The van der Waals surface area contributed by atoms with Gasteiger partial charge in [0.2, 0.25) is 0 Å². The molecule has 1 aliphatic heterocycles. The Morgan fingerprint density at radius 1 is 1.40 bits per heavy atom. The van der Waals surface area contributed by atoms with E-state index < -0.39 is 0 Å². The van der Waals surface area contributed by atoms with Gasteiger partial charge in [-0.25, -0.2) is 9.67 Å². The van der Waals surface area contributed by atoms with Crippen LogP contribution in [0.2, 0.25) is 0 Å². The minimum Gasteiger partial charge on any atom is -0.309 e. The molecule has 0 amide bonds. The highest BCUT2D eigenvalue weighted by atomic mass is 15.4. The minimum absolute atomic E-state index is 0.239. The fraction of sp³-hybridized carbons (Fsp3) is 0.867. The summed E-state index contributed by atoms with van der Waals surface area (Å²) in [6.45, 7) is 10.8. The van der Waals surface area contributed by atoms with Gasteiger partial charge in [-0.1, -0.05) is 6.92 Å². The van der Waals surface area contributed by atoms with Crippen molar-refractivity contribution in [2.75, 3.05) is 13.1 Å². The second-order valence-corrected chi connectivity index (χ2v) is 6.60. The molecule has 2 atom stereocenters. The van der Waals surface area contributed by atoms with Gasteiger partial charge in [0.1, 0.15) is 12.2 Å². The van der Waals surface area contributed by atoms with Gasteiger partial charge < -0.3 is 5.32 Å². The highest BCUT2D eigenvalue weighted by molar-refractivity contribution is 5.01. The fourth-order valence-corrected chi connectivity index (χ4v) is 3.31. The third kappa shape index (κ3) is 2.74. The van der Waals surface area contributed by atoms with Crippen LogP contribution < -0.4 is 5.32 Å². The van der Waals surface area contributed by atoms with Crippen LogP contribution in [-0.2, 0) is 13.1 Å². The molecule has 5 heteroatoms. The van der Waals surface area contributed by atoms with E-state index >= 15 is 0 Å². The van der Waals surface area contributed by atoms with E-state index in [2.05, 4.69) is 41.1 Å². The van der Waals surface area contributed by atoms with Gasteiger partial charge in [0.05, 0.1) is 6.54 Å². The summed E-state index contributed by atoms with van der Waals surface area (Å²) in [5.74, 6) is 2.00. The van der Waals surface area contributed by atoms with E-state index in [-0.39, 0.29) is 5.54 Å². The van der Waals surface area contributed by atoms with Gasteiger partial charge >= 0.3 is 0 Å². The largest absolute Gasteiger partial charge is 0.309 e. The van der Waals surface area contributed by atoms with Crippen molar-refractivity contribution < 1.29 is 0 Å². The number of aryl methyl sites for hydroxylation is 1. The number of nitrogens with one attached hydrogen (secondary N) is 1. The summed E-state index contributed by atoms with van der Waals surface area (Å²) in [6.07, 6.45) is 5.64. The number of hydrogen-bond acceptors (Lipinski definition) is 4. The van der Waals surface area contributed by atoms with Crippen molar-refractivity contribution in [3.63, 3.8) is 0 Å². The highest BCUT2D eigenvalue weighted by Gasteiger charge is 2.42. The maximum absolute atomic E-state index is 4.46. The van der Waals surface area contributed by atoms with Crippen LogP contribution >= 0.6 is 0 Å². The molecule has 1 saturated carbocycles. The van der Waals surface area contributed by atoms with Crippen LogP contribution in [-0.4, -0.2) is 44.3 Å². The molecule has 20 heavy (non-hydrogen) atoms. The molecular formula is C15H27N5. The van der Waals surface area contributed by atoms with Crippen molar-refractivity contribution in [2.45, 2.75) is 64.7 Å². The first-order valence-corrected chi connectivity index (χ1v) is 8.01. The molecule has 0 spiro atoms. The summed E-state index contributed by atoms with van der Waals surface area (Å²) >= 11 is 0. The number of rotatable bonds is 5. The molecule has 0 aromatic carbocycles. The molecule has 1 aliphatic carbocycles. The second kappa shape index (κ2) is 5.45. The lowest BCUT2D eigenvalue weighted by atomic mass is 9.92. The van der Waals surface area contributed by atoms with Gasteiger partial charge in [0.15, 0.2) is 0 Å². The topological polar surface area (TPSA) is 46.0 Å². The van der Waals surface area contributed by atoms with Crippen molar-refractivity contribution in [3.8, 4) is 0 Å². The molecule has 2 aliphatic rings. The molecule has 1 aromatic rings. The third-order valence-corrected chi connectivity index (χ3v) is 5.05. The fourth-order valence-electron chi connectivity index (χ4n) is 3.31. The van der Waals surface area contributed by atoms with Crippen molar-refractivity contribution in [1.29, 1.82) is 0 Å². The number of nitrogens with zero attached hydrogens (tertiary/aromatic N) is 4. The van der Waals surface area contributed by atoms with E-state index in [1.54, 1.807) is 6.33 Å². The Bertz CT molecular complexity index is 453. The minimum atomic E-state index is 0.239. The Morgan fingerprint density at radius 3 is 2.85 bits per heavy atom. The van der Waals surface area contributed by atoms with Gasteiger partial charge in [0, 0.05) is 31.2 Å². The van der Waals surface area contributed by atoms with Crippen LogP contribution in [0.1, 0.15) is 45.9 Å². The average Bonchev–Trinajstić information content (AvgIpc) is 3.19. The second-order valence-electron chi connectivity index (χ2n) is 6.60. The summed E-state index contributed by atoms with van der Waals surface area (Å²) in [4.78, 5) is 7.11. The molecule has 3 rings (SSSR count). The van der Waals surface area contributed by atoms with Crippen LogP contribution in [0.3, 0.4) is 0 Å². The molecule has 1 saturated heterocycles. The maximum Gasteiger partial charge on any atom is 0.141 e. The predicted octanol–water partition coefficient (Wildman–Crippen LogP) is 1.65. The molecule has 5 nitrogen and oxygen atoms in total. The lowest BCUT2D eigenvalue weighted by molar-refractivity contribution is 0.0628. The van der Waals surface area contributed by atoms with Crippen molar-refractivity contribution in [3.05, 3.63) is 12.2 Å². The first-order chi connectivity index (χ1) is 9.65. The summed E-state index contributed by atoms with van der Waals surface area (Å²) in [6, 6.07) is 0.677. The van der Waals surface area contributed by atoms with Gasteiger partial charge in [-0.05, 0) is 39.0 Å². The molecule has 2 unspecified atom stereocenters. The van der Waals surface area contributed by atoms with Gasteiger partial charge in [-0.3, -0.25) is 4.90 Å². The van der Waals surface area contributed by atoms with Crippen LogP contribution in [0, 0.1) is 5.92 Å². The Morgan fingerprint density at radius 2 is 2.20 bits per heavy atom.